The highest BCUT2D eigenvalue weighted by molar-refractivity contribution is 5.94. The molecule has 4 nitrogen and oxygen atoms in total. The molecule has 1 saturated heterocycles. The molecule has 0 spiro atoms. The first kappa shape index (κ1) is 14.6. The zero-order valence-electron chi connectivity index (χ0n) is 12.8. The van der Waals surface area contributed by atoms with Crippen LogP contribution in [0.5, 0.6) is 5.88 Å². The maximum absolute atomic E-state index is 12.4. The molecule has 1 fully saturated rings. The van der Waals surface area contributed by atoms with E-state index >= 15 is 0 Å². The van der Waals surface area contributed by atoms with Crippen LogP contribution in [0.25, 0.3) is 11.1 Å². The highest BCUT2D eigenvalue weighted by Gasteiger charge is 2.17. The zero-order valence-corrected chi connectivity index (χ0v) is 12.8. The first-order valence-electron chi connectivity index (χ1n) is 7.68. The van der Waals surface area contributed by atoms with Crippen LogP contribution in [0.15, 0.2) is 42.6 Å². The lowest BCUT2D eigenvalue weighted by molar-refractivity contribution is 0.0724. The lowest BCUT2D eigenvalue weighted by Crippen LogP contribution is -2.35. The van der Waals surface area contributed by atoms with Crippen LogP contribution < -0.4 is 4.74 Å². The number of carbonyl (C=O) groups is 1. The number of amides is 1. The van der Waals surface area contributed by atoms with Crippen molar-refractivity contribution >= 4 is 5.91 Å². The fraction of sp³-hybridized carbons (Fsp3) is 0.333. The van der Waals surface area contributed by atoms with Gasteiger partial charge in [0.05, 0.1) is 7.11 Å². The average molecular weight is 296 g/mol. The third-order valence-electron chi connectivity index (χ3n) is 4.05. The Balaban J connectivity index is 1.75. The number of rotatable bonds is 3. The summed E-state index contributed by atoms with van der Waals surface area (Å²) in [5, 5.41) is 0. The molecule has 2 heterocycles. The van der Waals surface area contributed by atoms with Gasteiger partial charge in [0.15, 0.2) is 0 Å². The number of pyridine rings is 1. The summed E-state index contributed by atoms with van der Waals surface area (Å²) in [6.45, 7) is 1.76. The molecule has 4 heteroatoms. The highest BCUT2D eigenvalue weighted by Crippen LogP contribution is 2.21. The van der Waals surface area contributed by atoms with Crippen molar-refractivity contribution in [2.24, 2.45) is 0 Å². The summed E-state index contributed by atoms with van der Waals surface area (Å²) >= 11 is 0. The molecule has 0 radical (unpaired) electrons. The third-order valence-corrected chi connectivity index (χ3v) is 4.05. The molecule has 1 aliphatic heterocycles. The minimum absolute atomic E-state index is 0.138. The van der Waals surface area contributed by atoms with Crippen LogP contribution in [-0.2, 0) is 0 Å². The Labute approximate surface area is 130 Å². The molecule has 0 bridgehead atoms. The molecule has 2 aromatic rings. The Morgan fingerprint density at radius 3 is 2.27 bits per heavy atom. The van der Waals surface area contributed by atoms with Crippen molar-refractivity contribution in [2.75, 3.05) is 20.2 Å². The molecule has 1 amide bonds. The van der Waals surface area contributed by atoms with Crippen LogP contribution in [0.2, 0.25) is 0 Å². The average Bonchev–Trinajstić information content (AvgIpc) is 2.62. The highest BCUT2D eigenvalue weighted by atomic mass is 16.5. The van der Waals surface area contributed by atoms with Crippen molar-refractivity contribution < 1.29 is 9.53 Å². The van der Waals surface area contributed by atoms with E-state index in [0.29, 0.717) is 5.88 Å². The summed E-state index contributed by atoms with van der Waals surface area (Å²) in [5.41, 5.74) is 2.82. The Bertz CT molecular complexity index is 629. The van der Waals surface area contributed by atoms with Gasteiger partial charge < -0.3 is 9.64 Å². The van der Waals surface area contributed by atoms with Crippen LogP contribution >= 0.6 is 0 Å². The Morgan fingerprint density at radius 1 is 1.00 bits per heavy atom. The number of hydrogen-bond acceptors (Lipinski definition) is 3. The lowest BCUT2D eigenvalue weighted by Gasteiger charge is -2.26. The molecular weight excluding hydrogens is 276 g/mol. The Morgan fingerprint density at radius 2 is 1.68 bits per heavy atom. The van der Waals surface area contributed by atoms with Gasteiger partial charge in [0, 0.05) is 36.5 Å². The van der Waals surface area contributed by atoms with E-state index in [4.69, 9.17) is 4.74 Å². The van der Waals surface area contributed by atoms with Crippen molar-refractivity contribution in [2.45, 2.75) is 19.3 Å². The number of benzene rings is 1. The molecule has 1 aromatic carbocycles. The Kier molecular flexibility index (Phi) is 4.37. The SMILES string of the molecule is COc1ccc(-c2ccc(C(=O)N3CCCCC3)cc2)cn1. The normalized spacial score (nSPS) is 14.7. The van der Waals surface area contributed by atoms with Crippen molar-refractivity contribution in [3.8, 4) is 17.0 Å². The summed E-state index contributed by atoms with van der Waals surface area (Å²) in [4.78, 5) is 18.6. The monoisotopic (exact) mass is 296 g/mol. The van der Waals surface area contributed by atoms with Crippen LogP contribution in [0.4, 0.5) is 0 Å². The van der Waals surface area contributed by atoms with E-state index in [1.807, 2.05) is 41.3 Å². The van der Waals surface area contributed by atoms with E-state index in [1.165, 1.54) is 6.42 Å². The van der Waals surface area contributed by atoms with Gasteiger partial charge in [0.2, 0.25) is 5.88 Å². The number of likely N-dealkylation sites (tertiary alicyclic amines) is 1. The van der Waals surface area contributed by atoms with Gasteiger partial charge in [-0.15, -0.1) is 0 Å². The van der Waals surface area contributed by atoms with Gasteiger partial charge in [0.1, 0.15) is 0 Å². The summed E-state index contributed by atoms with van der Waals surface area (Å²) in [6.07, 6.45) is 5.23. The molecule has 0 aliphatic carbocycles. The van der Waals surface area contributed by atoms with E-state index in [0.717, 1.165) is 42.6 Å². The predicted molar refractivity (Wildman–Crippen MR) is 86.0 cm³/mol. The summed E-state index contributed by atoms with van der Waals surface area (Å²) in [7, 11) is 1.60. The van der Waals surface area contributed by atoms with E-state index in [9.17, 15) is 4.79 Å². The summed E-state index contributed by atoms with van der Waals surface area (Å²) in [5.74, 6) is 0.736. The minimum Gasteiger partial charge on any atom is -0.481 e. The maximum atomic E-state index is 12.4. The quantitative estimate of drug-likeness (QED) is 0.872. The van der Waals surface area contributed by atoms with Gasteiger partial charge in [-0.05, 0) is 43.0 Å². The van der Waals surface area contributed by atoms with E-state index in [1.54, 1.807) is 13.3 Å². The van der Waals surface area contributed by atoms with Crippen LogP contribution in [0.1, 0.15) is 29.6 Å². The summed E-state index contributed by atoms with van der Waals surface area (Å²) in [6, 6.07) is 11.5. The van der Waals surface area contributed by atoms with Crippen molar-refractivity contribution in [1.29, 1.82) is 0 Å². The van der Waals surface area contributed by atoms with Gasteiger partial charge >= 0.3 is 0 Å². The van der Waals surface area contributed by atoms with Crippen LogP contribution in [0.3, 0.4) is 0 Å². The topological polar surface area (TPSA) is 42.4 Å². The van der Waals surface area contributed by atoms with Gasteiger partial charge in [-0.1, -0.05) is 12.1 Å². The van der Waals surface area contributed by atoms with E-state index in [-0.39, 0.29) is 5.91 Å². The standard InChI is InChI=1S/C18H20N2O2/c1-22-17-10-9-16(13-19-17)14-5-7-15(8-6-14)18(21)20-11-3-2-4-12-20/h5-10,13H,2-4,11-12H2,1H3. The smallest absolute Gasteiger partial charge is 0.253 e. The molecule has 0 N–H and O–H groups in total. The number of carbonyl (C=O) groups excluding carboxylic acids is 1. The fourth-order valence-electron chi connectivity index (χ4n) is 2.76. The molecule has 0 unspecified atom stereocenters. The second-order valence-corrected chi connectivity index (χ2v) is 5.52. The van der Waals surface area contributed by atoms with E-state index in [2.05, 4.69) is 4.98 Å². The minimum atomic E-state index is 0.138. The largest absolute Gasteiger partial charge is 0.481 e. The zero-order chi connectivity index (χ0) is 15.4. The van der Waals surface area contributed by atoms with E-state index < -0.39 is 0 Å². The molecule has 114 valence electrons. The van der Waals surface area contributed by atoms with Crippen molar-refractivity contribution in [3.63, 3.8) is 0 Å². The number of aromatic nitrogens is 1. The van der Waals surface area contributed by atoms with Crippen molar-refractivity contribution in [1.82, 2.24) is 9.88 Å². The first-order chi connectivity index (χ1) is 10.8. The third kappa shape index (κ3) is 3.11. The van der Waals surface area contributed by atoms with Gasteiger partial charge in [-0.25, -0.2) is 4.98 Å². The first-order valence-corrected chi connectivity index (χ1v) is 7.68. The number of methoxy groups -OCH3 is 1. The second kappa shape index (κ2) is 6.60. The van der Waals surface area contributed by atoms with Gasteiger partial charge in [0.25, 0.3) is 5.91 Å². The predicted octanol–water partition coefficient (Wildman–Crippen LogP) is 3.38. The van der Waals surface area contributed by atoms with Crippen LogP contribution in [0, 0.1) is 0 Å². The van der Waals surface area contributed by atoms with Gasteiger partial charge in [-0.3, -0.25) is 4.79 Å². The second-order valence-electron chi connectivity index (χ2n) is 5.52. The number of nitrogens with zero attached hydrogens (tertiary/aromatic N) is 2. The molecule has 1 aliphatic rings. The Hall–Kier alpha value is -2.36. The fourth-order valence-corrected chi connectivity index (χ4v) is 2.76. The van der Waals surface area contributed by atoms with Crippen molar-refractivity contribution in [3.05, 3.63) is 48.2 Å². The number of piperidine rings is 1. The molecule has 22 heavy (non-hydrogen) atoms. The molecule has 0 saturated carbocycles. The van der Waals surface area contributed by atoms with Crippen LogP contribution in [-0.4, -0.2) is 36.0 Å². The molecule has 0 atom stereocenters. The molecule has 1 aromatic heterocycles. The number of ether oxygens (including phenoxy) is 1. The number of hydrogen-bond donors (Lipinski definition) is 0. The maximum Gasteiger partial charge on any atom is 0.253 e. The molecular formula is C18H20N2O2. The molecule has 3 rings (SSSR count). The van der Waals surface area contributed by atoms with Gasteiger partial charge in [-0.2, -0.15) is 0 Å². The summed E-state index contributed by atoms with van der Waals surface area (Å²) < 4.78 is 5.06. The lowest BCUT2D eigenvalue weighted by atomic mass is 10.0.